The van der Waals surface area contributed by atoms with Crippen molar-refractivity contribution < 1.29 is 4.79 Å². The minimum atomic E-state index is -0.0210. The summed E-state index contributed by atoms with van der Waals surface area (Å²) in [5.41, 5.74) is 0. The summed E-state index contributed by atoms with van der Waals surface area (Å²) in [6, 6.07) is 1.99. The van der Waals surface area contributed by atoms with E-state index in [0.717, 1.165) is 19.3 Å². The van der Waals surface area contributed by atoms with Crippen molar-refractivity contribution in [1.29, 1.82) is 5.26 Å². The van der Waals surface area contributed by atoms with Gasteiger partial charge in [0.1, 0.15) is 10.9 Å². The van der Waals surface area contributed by atoms with Gasteiger partial charge in [-0.1, -0.05) is 38.0 Å². The highest BCUT2D eigenvalue weighted by Gasteiger charge is 2.13. The van der Waals surface area contributed by atoms with Gasteiger partial charge >= 0.3 is 0 Å². The van der Waals surface area contributed by atoms with Crippen LogP contribution in [-0.4, -0.2) is 10.9 Å². The van der Waals surface area contributed by atoms with Crippen LogP contribution in [0, 0.1) is 17.2 Å². The number of nitrogens with zero attached hydrogens (tertiary/aromatic N) is 2. The molecule has 1 aromatic rings. The lowest BCUT2D eigenvalue weighted by Gasteiger charge is -2.09. The first-order valence-electron chi connectivity index (χ1n) is 5.34. The molecule has 0 saturated carbocycles. The van der Waals surface area contributed by atoms with Crippen molar-refractivity contribution in [1.82, 2.24) is 4.98 Å². The van der Waals surface area contributed by atoms with Gasteiger partial charge in [0.25, 0.3) is 0 Å². The molecule has 0 aliphatic rings. The van der Waals surface area contributed by atoms with Crippen molar-refractivity contribution in [2.45, 2.75) is 33.1 Å². The SMILES string of the molecule is CCCC[C@H](C)C(=O)Nc1ncc(C#N)s1. The third-order valence-electron chi connectivity index (χ3n) is 2.28. The van der Waals surface area contributed by atoms with E-state index in [-0.39, 0.29) is 11.8 Å². The Kier molecular flexibility index (Phi) is 4.93. The molecule has 0 aromatic carbocycles. The molecule has 0 fully saturated rings. The number of hydrogen-bond donors (Lipinski definition) is 1. The van der Waals surface area contributed by atoms with Crippen LogP contribution in [0.25, 0.3) is 0 Å². The van der Waals surface area contributed by atoms with Crippen molar-refractivity contribution in [2.24, 2.45) is 5.92 Å². The summed E-state index contributed by atoms with van der Waals surface area (Å²) in [7, 11) is 0. The minimum absolute atomic E-state index is 0.00520. The standard InChI is InChI=1S/C11H15N3OS/c1-3-4-5-8(2)10(15)14-11-13-7-9(6-12)16-11/h7-8H,3-5H2,1-2H3,(H,13,14,15)/t8-/m0/s1. The molecule has 0 spiro atoms. The molecular weight excluding hydrogens is 222 g/mol. The van der Waals surface area contributed by atoms with Gasteiger partial charge in [0.05, 0.1) is 6.20 Å². The summed E-state index contributed by atoms with van der Waals surface area (Å²) in [6.45, 7) is 4.01. The van der Waals surface area contributed by atoms with Gasteiger partial charge in [0.2, 0.25) is 5.91 Å². The number of carbonyl (C=O) groups excluding carboxylic acids is 1. The summed E-state index contributed by atoms with van der Waals surface area (Å²) in [6.07, 6.45) is 4.50. The molecule has 4 nitrogen and oxygen atoms in total. The number of aromatic nitrogens is 1. The van der Waals surface area contributed by atoms with Crippen molar-refractivity contribution in [3.63, 3.8) is 0 Å². The van der Waals surface area contributed by atoms with Gasteiger partial charge in [-0.05, 0) is 6.42 Å². The highest BCUT2D eigenvalue weighted by atomic mass is 32.1. The maximum absolute atomic E-state index is 11.7. The van der Waals surface area contributed by atoms with E-state index in [9.17, 15) is 4.79 Å². The Labute approximate surface area is 99.3 Å². The Bertz CT molecular complexity index is 394. The number of amides is 1. The fourth-order valence-corrected chi connectivity index (χ4v) is 1.87. The van der Waals surface area contributed by atoms with Gasteiger partial charge in [-0.2, -0.15) is 5.26 Å². The van der Waals surface area contributed by atoms with E-state index >= 15 is 0 Å². The average molecular weight is 237 g/mol. The Morgan fingerprint density at radius 3 is 3.06 bits per heavy atom. The largest absolute Gasteiger partial charge is 0.302 e. The lowest BCUT2D eigenvalue weighted by molar-refractivity contribution is -0.119. The quantitative estimate of drug-likeness (QED) is 0.856. The number of nitrogens with one attached hydrogen (secondary N) is 1. The normalized spacial score (nSPS) is 11.8. The summed E-state index contributed by atoms with van der Waals surface area (Å²) in [5, 5.41) is 11.8. The first-order chi connectivity index (χ1) is 7.67. The molecule has 5 heteroatoms. The van der Waals surface area contributed by atoms with Crippen molar-refractivity contribution >= 4 is 22.4 Å². The van der Waals surface area contributed by atoms with Crippen LogP contribution in [0.2, 0.25) is 0 Å². The molecule has 0 aliphatic heterocycles. The highest BCUT2D eigenvalue weighted by molar-refractivity contribution is 7.16. The van der Waals surface area contributed by atoms with Gasteiger partial charge < -0.3 is 5.32 Å². The lowest BCUT2D eigenvalue weighted by Crippen LogP contribution is -2.20. The lowest BCUT2D eigenvalue weighted by atomic mass is 10.0. The Balaban J connectivity index is 2.48. The molecule has 1 N–H and O–H groups in total. The molecule has 1 amide bonds. The summed E-state index contributed by atoms with van der Waals surface area (Å²) >= 11 is 1.20. The maximum atomic E-state index is 11.7. The number of hydrogen-bond acceptors (Lipinski definition) is 4. The van der Waals surface area contributed by atoms with E-state index in [4.69, 9.17) is 5.26 Å². The molecule has 0 radical (unpaired) electrons. The zero-order valence-electron chi connectivity index (χ0n) is 9.49. The highest BCUT2D eigenvalue weighted by Crippen LogP contribution is 2.18. The van der Waals surface area contributed by atoms with Gasteiger partial charge in [0.15, 0.2) is 5.13 Å². The third kappa shape index (κ3) is 3.63. The number of unbranched alkanes of at least 4 members (excludes halogenated alkanes) is 1. The minimum Gasteiger partial charge on any atom is -0.302 e. The number of carbonyl (C=O) groups is 1. The van der Waals surface area contributed by atoms with Crippen LogP contribution in [0.1, 0.15) is 38.0 Å². The summed E-state index contributed by atoms with van der Waals surface area (Å²) < 4.78 is 0. The molecule has 1 rings (SSSR count). The van der Waals surface area contributed by atoms with E-state index < -0.39 is 0 Å². The van der Waals surface area contributed by atoms with Crippen LogP contribution in [-0.2, 0) is 4.79 Å². The third-order valence-corrected chi connectivity index (χ3v) is 3.10. The van der Waals surface area contributed by atoms with Crippen LogP contribution in [0.5, 0.6) is 0 Å². The van der Waals surface area contributed by atoms with Gasteiger partial charge in [-0.3, -0.25) is 4.79 Å². The van der Waals surface area contributed by atoms with Crippen LogP contribution in [0.4, 0.5) is 5.13 Å². The van der Waals surface area contributed by atoms with Crippen LogP contribution in [0.15, 0.2) is 6.20 Å². The smallest absolute Gasteiger partial charge is 0.228 e. The number of nitriles is 1. The molecule has 0 unspecified atom stereocenters. The topological polar surface area (TPSA) is 65.8 Å². The summed E-state index contributed by atoms with van der Waals surface area (Å²) in [5.74, 6) is -0.0262. The molecule has 1 aromatic heterocycles. The van der Waals surface area contributed by atoms with Gasteiger partial charge in [0, 0.05) is 5.92 Å². The first kappa shape index (κ1) is 12.7. The second-order valence-corrected chi connectivity index (χ2v) is 4.70. The molecule has 86 valence electrons. The second-order valence-electron chi connectivity index (χ2n) is 3.67. The van der Waals surface area contributed by atoms with Gasteiger partial charge in [-0.25, -0.2) is 4.98 Å². The molecule has 0 aliphatic carbocycles. The molecule has 0 saturated heterocycles. The fraction of sp³-hybridized carbons (Fsp3) is 0.545. The Morgan fingerprint density at radius 1 is 1.75 bits per heavy atom. The molecule has 0 bridgehead atoms. The average Bonchev–Trinajstić information content (AvgIpc) is 2.73. The van der Waals surface area contributed by atoms with Crippen molar-refractivity contribution in [3.8, 4) is 6.07 Å². The van der Waals surface area contributed by atoms with Crippen LogP contribution in [0.3, 0.4) is 0 Å². The zero-order chi connectivity index (χ0) is 12.0. The van der Waals surface area contributed by atoms with E-state index in [1.54, 1.807) is 0 Å². The number of thiazole rings is 1. The maximum Gasteiger partial charge on any atom is 0.228 e. The Morgan fingerprint density at radius 2 is 2.50 bits per heavy atom. The predicted octanol–water partition coefficient (Wildman–Crippen LogP) is 2.78. The van der Waals surface area contributed by atoms with E-state index in [1.165, 1.54) is 17.5 Å². The fourth-order valence-electron chi connectivity index (χ4n) is 1.25. The molecule has 16 heavy (non-hydrogen) atoms. The van der Waals surface area contributed by atoms with Crippen molar-refractivity contribution in [2.75, 3.05) is 5.32 Å². The van der Waals surface area contributed by atoms with E-state index in [2.05, 4.69) is 17.2 Å². The number of anilines is 1. The summed E-state index contributed by atoms with van der Waals surface area (Å²) in [4.78, 5) is 16.2. The first-order valence-corrected chi connectivity index (χ1v) is 6.15. The van der Waals surface area contributed by atoms with Crippen molar-refractivity contribution in [3.05, 3.63) is 11.1 Å². The monoisotopic (exact) mass is 237 g/mol. The number of rotatable bonds is 5. The van der Waals surface area contributed by atoms with Crippen LogP contribution < -0.4 is 5.32 Å². The molecule has 1 heterocycles. The zero-order valence-corrected chi connectivity index (χ0v) is 10.3. The van der Waals surface area contributed by atoms with Crippen LogP contribution >= 0.6 is 11.3 Å². The van der Waals surface area contributed by atoms with E-state index in [1.807, 2.05) is 13.0 Å². The molecular formula is C11H15N3OS. The molecule has 1 atom stereocenters. The van der Waals surface area contributed by atoms with E-state index in [0.29, 0.717) is 10.0 Å². The predicted molar refractivity (Wildman–Crippen MR) is 64.1 cm³/mol. The van der Waals surface area contributed by atoms with Gasteiger partial charge in [-0.15, -0.1) is 0 Å². The Hall–Kier alpha value is -1.41. The second kappa shape index (κ2) is 6.23.